The lowest BCUT2D eigenvalue weighted by Crippen LogP contribution is -1.93. The Morgan fingerprint density at radius 1 is 0.215 bits per heavy atom. The van der Waals surface area contributed by atoms with Crippen molar-refractivity contribution in [3.63, 3.8) is 0 Å². The summed E-state index contributed by atoms with van der Waals surface area (Å²) in [6.45, 7) is 0. The maximum Gasteiger partial charge on any atom is 0.143 e. The van der Waals surface area contributed by atoms with Gasteiger partial charge in [0.1, 0.15) is 11.2 Å². The zero-order chi connectivity index (χ0) is 51.7. The van der Waals surface area contributed by atoms with Gasteiger partial charge in [-0.1, -0.05) is 206 Å². The summed E-state index contributed by atoms with van der Waals surface area (Å²) < 4.78 is 11.9. The van der Waals surface area contributed by atoms with Gasteiger partial charge >= 0.3 is 0 Å². The Hall–Kier alpha value is -10.5. The van der Waals surface area contributed by atoms with Crippen LogP contribution in [0.3, 0.4) is 0 Å². The summed E-state index contributed by atoms with van der Waals surface area (Å²) in [5.74, 6) is 0. The molecule has 0 unspecified atom stereocenters. The van der Waals surface area contributed by atoms with Gasteiger partial charge in [-0.25, -0.2) is 0 Å². The monoisotopic (exact) mass is 1000 g/mol. The predicted molar refractivity (Wildman–Crippen MR) is 334 cm³/mol. The molecule has 3 heterocycles. The van der Waals surface area contributed by atoms with Gasteiger partial charge < -0.3 is 13.6 Å². The van der Waals surface area contributed by atoms with Crippen LogP contribution in [0, 0.1) is 0 Å². The molecule has 366 valence electrons. The summed E-state index contributed by atoms with van der Waals surface area (Å²) in [5, 5.41) is 16.8. The fraction of sp³-hybridized carbons (Fsp3) is 0. The molecule has 0 saturated heterocycles. The lowest BCUT2D eigenvalue weighted by atomic mass is 9.85. The first-order chi connectivity index (χ1) is 39.2. The number of rotatable bonds is 6. The second kappa shape index (κ2) is 17.0. The molecule has 0 aliphatic heterocycles. The van der Waals surface area contributed by atoms with E-state index in [9.17, 15) is 0 Å². The van der Waals surface area contributed by atoms with Gasteiger partial charge in [-0.15, -0.1) is 0 Å². The molecule has 0 fully saturated rings. The Balaban J connectivity index is 0.839. The third kappa shape index (κ3) is 6.42. The number of nitrogens with zero attached hydrogens (tertiary/aromatic N) is 2. The van der Waals surface area contributed by atoms with Crippen LogP contribution in [0.2, 0.25) is 0 Å². The SMILES string of the molecule is c1ccc(-n2c3ccccc3c3cc(-c4c5ccccc5c(-c5ccc6oc7c(-c8c9ccccc9c(-c9ccc%10c(c9)c9ccccc9n%10-c9ccccc9)c9ccccc89)cccc7c6c5)c5ccccc45)ccc32)cc1. The van der Waals surface area contributed by atoms with E-state index in [-0.39, 0.29) is 0 Å². The number of aromatic nitrogens is 2. The second-order valence-electron chi connectivity index (χ2n) is 21.0. The van der Waals surface area contributed by atoms with E-state index < -0.39 is 0 Å². The number of para-hydroxylation sites is 5. The van der Waals surface area contributed by atoms with Crippen molar-refractivity contribution in [3.8, 4) is 55.9 Å². The fourth-order valence-electron chi connectivity index (χ4n) is 13.6. The Kier molecular flexibility index (Phi) is 9.42. The number of hydrogen-bond donors (Lipinski definition) is 0. The van der Waals surface area contributed by atoms with Gasteiger partial charge in [0.2, 0.25) is 0 Å². The van der Waals surface area contributed by atoms with Crippen LogP contribution in [-0.2, 0) is 0 Å². The quantitative estimate of drug-likeness (QED) is 0.152. The van der Waals surface area contributed by atoms with Crippen LogP contribution in [0.1, 0.15) is 0 Å². The Bertz CT molecular complexity index is 5250. The van der Waals surface area contributed by atoms with Gasteiger partial charge in [0.05, 0.1) is 22.1 Å². The summed E-state index contributed by atoms with van der Waals surface area (Å²) in [6.07, 6.45) is 0. The molecule has 0 radical (unpaired) electrons. The molecule has 3 heteroatoms. The van der Waals surface area contributed by atoms with Gasteiger partial charge in [0.25, 0.3) is 0 Å². The van der Waals surface area contributed by atoms with Crippen molar-refractivity contribution < 1.29 is 4.42 Å². The van der Waals surface area contributed by atoms with E-state index >= 15 is 0 Å². The Morgan fingerprint density at radius 2 is 0.544 bits per heavy atom. The maximum absolute atomic E-state index is 7.11. The minimum absolute atomic E-state index is 0.868. The highest BCUT2D eigenvalue weighted by Gasteiger charge is 2.24. The molecule has 17 aromatic rings. The molecule has 17 rings (SSSR count). The molecule has 14 aromatic carbocycles. The number of benzene rings is 14. The lowest BCUT2D eigenvalue weighted by molar-refractivity contribution is 0.670. The Morgan fingerprint density at radius 3 is 0.975 bits per heavy atom. The van der Waals surface area contributed by atoms with Gasteiger partial charge in [0, 0.05) is 54.8 Å². The molecule has 3 aromatic heterocycles. The molecular weight excluding hydrogens is 957 g/mol. The van der Waals surface area contributed by atoms with E-state index in [1.165, 1.54) is 120 Å². The van der Waals surface area contributed by atoms with E-state index in [1.807, 2.05) is 0 Å². The van der Waals surface area contributed by atoms with E-state index in [2.05, 4.69) is 288 Å². The van der Waals surface area contributed by atoms with Gasteiger partial charge in [-0.05, 0) is 149 Å². The number of furan rings is 1. The van der Waals surface area contributed by atoms with E-state index in [0.29, 0.717) is 0 Å². The van der Waals surface area contributed by atoms with Crippen LogP contribution < -0.4 is 0 Å². The molecule has 0 bridgehead atoms. The minimum atomic E-state index is 0.868. The standard InChI is InChI=1S/C76H46N2O/c1-3-20-50(21-4-1)77-67-36-17-15-24-52(67)64-44-47(38-41-69(64)77)72-54-26-7-9-28-56(54)74(57-29-10-8-27-55(57)72)49-40-43-71-66(46-49)62-34-19-35-63(76(62)79-71)75-60-32-13-11-30-58(60)73(59-31-12-14-33-61(59)75)48-39-42-70-65(45-48)53-25-16-18-37-68(53)78(70)51-22-5-2-6-23-51/h1-46H. The first-order valence-electron chi connectivity index (χ1n) is 27.2. The average Bonchev–Trinajstić information content (AvgIpc) is 4.37. The van der Waals surface area contributed by atoms with Crippen LogP contribution in [0.4, 0.5) is 0 Å². The van der Waals surface area contributed by atoms with Crippen molar-refractivity contribution in [1.29, 1.82) is 0 Å². The zero-order valence-corrected chi connectivity index (χ0v) is 42.9. The van der Waals surface area contributed by atoms with E-state index in [4.69, 9.17) is 4.42 Å². The van der Waals surface area contributed by atoms with Gasteiger partial charge in [-0.2, -0.15) is 0 Å². The van der Waals surface area contributed by atoms with E-state index in [0.717, 1.165) is 44.4 Å². The summed E-state index contributed by atoms with van der Waals surface area (Å²) in [6, 6.07) is 102. The molecule has 0 aliphatic carbocycles. The maximum atomic E-state index is 7.11. The topological polar surface area (TPSA) is 23.0 Å². The van der Waals surface area contributed by atoms with Gasteiger partial charge in [-0.3, -0.25) is 0 Å². The first-order valence-corrected chi connectivity index (χ1v) is 27.2. The summed E-state index contributed by atoms with van der Waals surface area (Å²) >= 11 is 0. The van der Waals surface area contributed by atoms with Gasteiger partial charge in [0.15, 0.2) is 0 Å². The fourth-order valence-corrected chi connectivity index (χ4v) is 13.6. The highest BCUT2D eigenvalue weighted by Crippen LogP contribution is 2.50. The number of hydrogen-bond acceptors (Lipinski definition) is 1. The van der Waals surface area contributed by atoms with Crippen LogP contribution in [0.15, 0.2) is 283 Å². The van der Waals surface area contributed by atoms with Crippen LogP contribution >= 0.6 is 0 Å². The molecule has 79 heavy (non-hydrogen) atoms. The smallest absolute Gasteiger partial charge is 0.143 e. The predicted octanol–water partition coefficient (Wildman–Crippen LogP) is 21.1. The summed E-state index contributed by atoms with van der Waals surface area (Å²) in [7, 11) is 0. The highest BCUT2D eigenvalue weighted by molar-refractivity contribution is 6.27. The molecule has 0 saturated carbocycles. The highest BCUT2D eigenvalue weighted by atomic mass is 16.3. The zero-order valence-electron chi connectivity index (χ0n) is 42.9. The van der Waals surface area contributed by atoms with Crippen molar-refractivity contribution in [2.24, 2.45) is 0 Å². The van der Waals surface area contributed by atoms with Crippen LogP contribution in [0.25, 0.3) is 165 Å². The molecular formula is C76H46N2O. The summed E-state index contributed by atoms with van der Waals surface area (Å²) in [5.41, 5.74) is 18.4. The van der Waals surface area contributed by atoms with Crippen LogP contribution in [0.5, 0.6) is 0 Å². The van der Waals surface area contributed by atoms with Crippen molar-refractivity contribution in [2.45, 2.75) is 0 Å². The first kappa shape index (κ1) is 43.7. The van der Waals surface area contributed by atoms with Crippen molar-refractivity contribution in [2.75, 3.05) is 0 Å². The molecule has 0 amide bonds. The molecule has 0 spiro atoms. The Labute approximate surface area is 454 Å². The number of fused-ring (bicyclic) bond motifs is 13. The van der Waals surface area contributed by atoms with Crippen molar-refractivity contribution >= 4 is 109 Å². The normalized spacial score (nSPS) is 12.1. The molecule has 3 nitrogen and oxygen atoms in total. The largest absolute Gasteiger partial charge is 0.455 e. The molecule has 0 N–H and O–H groups in total. The van der Waals surface area contributed by atoms with Crippen LogP contribution in [-0.4, -0.2) is 9.13 Å². The minimum Gasteiger partial charge on any atom is -0.455 e. The molecule has 0 aliphatic rings. The molecule has 0 atom stereocenters. The summed E-state index contributed by atoms with van der Waals surface area (Å²) in [4.78, 5) is 0. The van der Waals surface area contributed by atoms with Crippen molar-refractivity contribution in [3.05, 3.63) is 279 Å². The van der Waals surface area contributed by atoms with Crippen molar-refractivity contribution in [1.82, 2.24) is 9.13 Å². The van der Waals surface area contributed by atoms with E-state index in [1.54, 1.807) is 0 Å². The average molecular weight is 1000 g/mol. The third-order valence-electron chi connectivity index (χ3n) is 16.9. The lowest BCUT2D eigenvalue weighted by Gasteiger charge is -2.18. The second-order valence-corrected chi connectivity index (χ2v) is 21.0. The third-order valence-corrected chi connectivity index (χ3v) is 16.9.